The second kappa shape index (κ2) is 8.04. The molecule has 1 aliphatic rings. The molecule has 2 aromatic heterocycles. The molecular weight excluding hydrogens is 334 g/mol. The molecule has 8 heteroatoms. The van der Waals surface area contributed by atoms with Crippen molar-refractivity contribution in [3.05, 3.63) is 16.6 Å². The van der Waals surface area contributed by atoms with Crippen molar-refractivity contribution in [1.29, 1.82) is 0 Å². The average molecular weight is 357 g/mol. The van der Waals surface area contributed by atoms with E-state index in [1.807, 2.05) is 4.57 Å². The normalized spacial score (nSPS) is 14.2. The Hall–Kier alpha value is -2.82. The van der Waals surface area contributed by atoms with Gasteiger partial charge in [-0.2, -0.15) is 5.10 Å². The van der Waals surface area contributed by atoms with Crippen LogP contribution in [0.1, 0.15) is 33.1 Å². The van der Waals surface area contributed by atoms with Crippen molar-refractivity contribution in [3.8, 4) is 11.8 Å². The lowest BCUT2D eigenvalue weighted by Gasteiger charge is -2.27. The summed E-state index contributed by atoms with van der Waals surface area (Å²) in [4.78, 5) is 31.5. The molecule has 3 heterocycles. The summed E-state index contributed by atoms with van der Waals surface area (Å²) in [6, 6.07) is 0. The third kappa shape index (κ3) is 3.57. The van der Waals surface area contributed by atoms with Crippen molar-refractivity contribution >= 4 is 23.0 Å². The molecule has 8 nitrogen and oxygen atoms in total. The number of hydrogen-bond acceptors (Lipinski definition) is 6. The number of rotatable bonds is 5. The van der Waals surface area contributed by atoms with Crippen molar-refractivity contribution in [2.75, 3.05) is 24.6 Å². The maximum atomic E-state index is 12.9. The van der Waals surface area contributed by atoms with Crippen LogP contribution in [0.5, 0.6) is 0 Å². The molecule has 0 N–H and O–H groups in total. The number of fused-ring (bicyclic) bond motifs is 1. The summed E-state index contributed by atoms with van der Waals surface area (Å²) in [7, 11) is 0. The highest BCUT2D eigenvalue weighted by molar-refractivity contribution is 5.77. The average Bonchev–Trinajstić information content (AvgIpc) is 3.02. The van der Waals surface area contributed by atoms with Gasteiger partial charge >= 0.3 is 5.97 Å². The molecule has 0 aromatic carbocycles. The summed E-state index contributed by atoms with van der Waals surface area (Å²) < 4.78 is 7.88. The first-order chi connectivity index (χ1) is 12.7. The Kier molecular flexibility index (Phi) is 5.56. The van der Waals surface area contributed by atoms with Crippen molar-refractivity contribution in [3.63, 3.8) is 0 Å². The molecule has 26 heavy (non-hydrogen) atoms. The highest BCUT2D eigenvalue weighted by Gasteiger charge is 2.22. The maximum absolute atomic E-state index is 12.9. The number of aromatic nitrogens is 4. The number of carbonyl (C=O) groups is 1. The highest BCUT2D eigenvalue weighted by Crippen LogP contribution is 2.23. The van der Waals surface area contributed by atoms with Gasteiger partial charge in [-0.3, -0.25) is 14.2 Å². The molecule has 1 saturated heterocycles. The van der Waals surface area contributed by atoms with E-state index in [-0.39, 0.29) is 18.7 Å². The minimum atomic E-state index is -0.489. The summed E-state index contributed by atoms with van der Waals surface area (Å²) in [6.45, 7) is 5.73. The molecule has 0 spiro atoms. The Morgan fingerprint density at radius 2 is 2.08 bits per heavy atom. The smallest absolute Gasteiger partial charge is 0.327 e. The Balaban J connectivity index is 2.08. The standard InChI is InChI=1S/C18H23N5O3/c1-3-5-11-22-16-14(20-18(22)21-9-7-6-8-10-21)12-19-23(17(16)25)13-15(24)26-4-2/h12H,4,6-11,13H2,1-2H3. The molecule has 0 aliphatic carbocycles. The quantitative estimate of drug-likeness (QED) is 0.590. The number of hydrogen-bond donors (Lipinski definition) is 0. The third-order valence-corrected chi connectivity index (χ3v) is 4.37. The third-order valence-electron chi connectivity index (χ3n) is 4.37. The fraction of sp³-hybridized carbons (Fsp3) is 0.556. The number of nitrogens with zero attached hydrogens (tertiary/aromatic N) is 5. The zero-order valence-corrected chi connectivity index (χ0v) is 15.2. The largest absolute Gasteiger partial charge is 0.465 e. The van der Waals surface area contributed by atoms with Crippen molar-refractivity contribution in [2.24, 2.45) is 0 Å². The molecule has 1 aliphatic heterocycles. The first kappa shape index (κ1) is 18.0. The molecule has 138 valence electrons. The molecule has 0 unspecified atom stereocenters. The van der Waals surface area contributed by atoms with E-state index in [9.17, 15) is 9.59 Å². The van der Waals surface area contributed by atoms with E-state index in [1.165, 1.54) is 12.6 Å². The van der Waals surface area contributed by atoms with Crippen LogP contribution >= 0.6 is 0 Å². The summed E-state index contributed by atoms with van der Waals surface area (Å²) in [6.07, 6.45) is 4.95. The maximum Gasteiger partial charge on any atom is 0.327 e. The molecule has 0 atom stereocenters. The molecule has 1 fully saturated rings. The van der Waals surface area contributed by atoms with E-state index >= 15 is 0 Å². The molecule has 0 amide bonds. The number of esters is 1. The van der Waals surface area contributed by atoms with Gasteiger partial charge in [0, 0.05) is 13.1 Å². The van der Waals surface area contributed by atoms with Crippen molar-refractivity contribution < 1.29 is 9.53 Å². The fourth-order valence-electron chi connectivity index (χ4n) is 3.16. The summed E-state index contributed by atoms with van der Waals surface area (Å²) >= 11 is 0. The predicted octanol–water partition coefficient (Wildman–Crippen LogP) is 1.17. The second-order valence-corrected chi connectivity index (χ2v) is 6.12. The number of carbonyl (C=O) groups excluding carboxylic acids is 1. The van der Waals surface area contributed by atoms with Gasteiger partial charge in [-0.1, -0.05) is 5.92 Å². The van der Waals surface area contributed by atoms with Gasteiger partial charge in [0.2, 0.25) is 5.95 Å². The first-order valence-electron chi connectivity index (χ1n) is 8.92. The van der Waals surface area contributed by atoms with Crippen LogP contribution in [0.25, 0.3) is 11.0 Å². The zero-order valence-electron chi connectivity index (χ0n) is 15.2. The summed E-state index contributed by atoms with van der Waals surface area (Å²) in [5, 5.41) is 4.08. The highest BCUT2D eigenvalue weighted by atomic mass is 16.5. The Morgan fingerprint density at radius 1 is 1.31 bits per heavy atom. The topological polar surface area (TPSA) is 82.2 Å². The van der Waals surface area contributed by atoms with Gasteiger partial charge in [0.1, 0.15) is 17.6 Å². The molecule has 3 rings (SSSR count). The van der Waals surface area contributed by atoms with Gasteiger partial charge in [-0.25, -0.2) is 9.67 Å². The van der Waals surface area contributed by atoms with E-state index in [2.05, 4.69) is 26.8 Å². The lowest BCUT2D eigenvalue weighted by Crippen LogP contribution is -2.32. The Labute approximate surface area is 151 Å². The molecule has 0 bridgehead atoms. The van der Waals surface area contributed by atoms with Crippen LogP contribution < -0.4 is 10.5 Å². The predicted molar refractivity (Wildman–Crippen MR) is 97.9 cm³/mol. The minimum absolute atomic E-state index is 0.216. The van der Waals surface area contributed by atoms with Crippen LogP contribution in [0.15, 0.2) is 11.0 Å². The van der Waals surface area contributed by atoms with Crippen LogP contribution in [0.3, 0.4) is 0 Å². The summed E-state index contributed by atoms with van der Waals surface area (Å²) in [5.41, 5.74) is 0.588. The lowest BCUT2D eigenvalue weighted by atomic mass is 10.1. The monoisotopic (exact) mass is 357 g/mol. The van der Waals surface area contributed by atoms with Gasteiger partial charge < -0.3 is 9.64 Å². The number of imidazole rings is 1. The first-order valence-corrected chi connectivity index (χ1v) is 8.92. The van der Waals surface area contributed by atoms with Crippen LogP contribution in [0.4, 0.5) is 5.95 Å². The molecule has 2 aromatic rings. The Morgan fingerprint density at radius 3 is 2.77 bits per heavy atom. The van der Waals surface area contributed by atoms with Gasteiger partial charge in [0.15, 0.2) is 0 Å². The van der Waals surface area contributed by atoms with Gasteiger partial charge in [0.05, 0.1) is 19.3 Å². The van der Waals surface area contributed by atoms with Crippen molar-refractivity contribution in [2.45, 2.75) is 46.2 Å². The molecule has 0 saturated carbocycles. The lowest BCUT2D eigenvalue weighted by molar-refractivity contribution is -0.144. The van der Waals surface area contributed by atoms with E-state index < -0.39 is 5.97 Å². The molecule has 0 radical (unpaired) electrons. The van der Waals surface area contributed by atoms with E-state index in [0.29, 0.717) is 17.6 Å². The zero-order chi connectivity index (χ0) is 18.5. The van der Waals surface area contributed by atoms with E-state index in [4.69, 9.17) is 4.74 Å². The number of ether oxygens (including phenoxy) is 1. The SMILES string of the molecule is CC#CCn1c(N2CCCCC2)nc2cnn(CC(=O)OCC)c(=O)c21. The van der Waals surface area contributed by atoms with Gasteiger partial charge in [-0.05, 0) is 33.1 Å². The van der Waals surface area contributed by atoms with E-state index in [0.717, 1.165) is 36.6 Å². The van der Waals surface area contributed by atoms with E-state index in [1.54, 1.807) is 13.8 Å². The number of anilines is 1. The van der Waals surface area contributed by atoms with Crippen molar-refractivity contribution in [1.82, 2.24) is 19.3 Å². The number of piperidine rings is 1. The fourth-order valence-corrected chi connectivity index (χ4v) is 3.16. The van der Waals surface area contributed by atoms with Gasteiger partial charge in [0.25, 0.3) is 5.56 Å². The second-order valence-electron chi connectivity index (χ2n) is 6.12. The minimum Gasteiger partial charge on any atom is -0.465 e. The van der Waals surface area contributed by atoms with Crippen LogP contribution in [-0.4, -0.2) is 45.0 Å². The summed E-state index contributed by atoms with van der Waals surface area (Å²) in [5.74, 6) is 6.14. The van der Waals surface area contributed by atoms with Crippen LogP contribution in [-0.2, 0) is 22.6 Å². The van der Waals surface area contributed by atoms with Crippen LogP contribution in [0, 0.1) is 11.8 Å². The Bertz CT molecular complexity index is 913. The van der Waals surface area contributed by atoms with Gasteiger partial charge in [-0.15, -0.1) is 5.92 Å². The molecular formula is C18H23N5O3. The van der Waals surface area contributed by atoms with Crippen LogP contribution in [0.2, 0.25) is 0 Å².